The van der Waals surface area contributed by atoms with Crippen molar-refractivity contribution in [2.24, 2.45) is 0 Å². The van der Waals surface area contributed by atoms with Gasteiger partial charge in [-0.05, 0) is 32.3 Å². The summed E-state index contributed by atoms with van der Waals surface area (Å²) in [6.07, 6.45) is 0. The van der Waals surface area contributed by atoms with Crippen LogP contribution in [0, 0.1) is 0 Å². The van der Waals surface area contributed by atoms with E-state index in [4.69, 9.17) is 5.73 Å². The van der Waals surface area contributed by atoms with E-state index in [9.17, 15) is 8.42 Å². The maximum Gasteiger partial charge on any atom is 0.242 e. The fourth-order valence-electron chi connectivity index (χ4n) is 2.16. The van der Waals surface area contributed by atoms with Gasteiger partial charge in [-0.2, -0.15) is 0 Å². The van der Waals surface area contributed by atoms with E-state index in [2.05, 4.69) is 21.6 Å². The second-order valence-corrected chi connectivity index (χ2v) is 6.58. The van der Waals surface area contributed by atoms with Crippen LogP contribution in [0.4, 0.5) is 11.4 Å². The number of hydrogen-bond acceptors (Lipinski definition) is 5. The minimum Gasteiger partial charge on any atom is -0.399 e. The molecule has 1 aromatic rings. The van der Waals surface area contributed by atoms with Crippen LogP contribution in [0.25, 0.3) is 0 Å². The van der Waals surface area contributed by atoms with Gasteiger partial charge in [-0.1, -0.05) is 0 Å². The average molecular weight is 284 g/mol. The molecule has 106 valence electrons. The molecule has 2 rings (SSSR count). The predicted octanol–water partition coefficient (Wildman–Crippen LogP) is -0.0713. The van der Waals surface area contributed by atoms with Crippen LogP contribution in [-0.2, 0) is 10.0 Å². The lowest BCUT2D eigenvalue weighted by Crippen LogP contribution is -2.45. The number of nitrogens with two attached hydrogens (primary N) is 1. The Kier molecular flexibility index (Phi) is 3.98. The smallest absolute Gasteiger partial charge is 0.242 e. The Balaban J connectivity index is 2.40. The third-order valence-corrected chi connectivity index (χ3v) is 4.83. The lowest BCUT2D eigenvalue weighted by atomic mass is 10.2. The highest BCUT2D eigenvalue weighted by atomic mass is 32.2. The largest absolute Gasteiger partial charge is 0.399 e. The summed E-state index contributed by atoms with van der Waals surface area (Å²) in [6, 6.07) is 5.03. The van der Waals surface area contributed by atoms with Gasteiger partial charge in [0.05, 0.1) is 5.69 Å². The number of sulfonamides is 1. The number of anilines is 2. The monoisotopic (exact) mass is 284 g/mol. The van der Waals surface area contributed by atoms with Gasteiger partial charge >= 0.3 is 0 Å². The Morgan fingerprint density at radius 2 is 1.84 bits per heavy atom. The first kappa shape index (κ1) is 14.1. The molecule has 1 heterocycles. The van der Waals surface area contributed by atoms with E-state index >= 15 is 0 Å². The van der Waals surface area contributed by atoms with E-state index in [1.165, 1.54) is 13.1 Å². The molecule has 1 aliphatic heterocycles. The van der Waals surface area contributed by atoms with Gasteiger partial charge in [-0.3, -0.25) is 0 Å². The fourth-order valence-corrected chi connectivity index (χ4v) is 3.15. The molecule has 1 aromatic carbocycles. The lowest BCUT2D eigenvalue weighted by molar-refractivity contribution is 0.312. The molecule has 0 saturated carbocycles. The SMILES string of the molecule is CNS(=O)(=O)c1cc(N)ccc1N1CCN(C)CC1. The van der Waals surface area contributed by atoms with Crippen molar-refractivity contribution >= 4 is 21.4 Å². The van der Waals surface area contributed by atoms with E-state index < -0.39 is 10.0 Å². The van der Waals surface area contributed by atoms with Crippen molar-refractivity contribution in [2.75, 3.05) is 50.9 Å². The van der Waals surface area contributed by atoms with E-state index in [0.29, 0.717) is 5.69 Å². The van der Waals surface area contributed by atoms with Crippen LogP contribution in [0.5, 0.6) is 0 Å². The van der Waals surface area contributed by atoms with Crippen molar-refractivity contribution in [1.82, 2.24) is 9.62 Å². The standard InChI is InChI=1S/C12H20N4O2S/c1-14-19(17,18)12-9-10(13)3-4-11(12)16-7-5-15(2)6-8-16/h3-4,9,14H,5-8,13H2,1-2H3. The van der Waals surface area contributed by atoms with Gasteiger partial charge in [0.25, 0.3) is 0 Å². The van der Waals surface area contributed by atoms with Crippen LogP contribution in [0.1, 0.15) is 0 Å². The molecule has 1 aliphatic rings. The zero-order valence-electron chi connectivity index (χ0n) is 11.3. The second kappa shape index (κ2) is 5.36. The Morgan fingerprint density at radius 1 is 1.21 bits per heavy atom. The number of likely N-dealkylation sites (N-methyl/N-ethyl adjacent to an activating group) is 1. The summed E-state index contributed by atoms with van der Waals surface area (Å²) in [5.41, 5.74) is 6.88. The molecule has 7 heteroatoms. The Bertz CT molecular complexity index is 551. The molecule has 1 fully saturated rings. The van der Waals surface area contributed by atoms with Crippen molar-refractivity contribution in [3.63, 3.8) is 0 Å². The van der Waals surface area contributed by atoms with E-state index in [-0.39, 0.29) is 4.90 Å². The lowest BCUT2D eigenvalue weighted by Gasteiger charge is -2.35. The average Bonchev–Trinajstić information content (AvgIpc) is 2.40. The maximum atomic E-state index is 12.1. The molecule has 0 bridgehead atoms. The highest BCUT2D eigenvalue weighted by Crippen LogP contribution is 2.28. The van der Waals surface area contributed by atoms with E-state index in [0.717, 1.165) is 31.9 Å². The zero-order valence-corrected chi connectivity index (χ0v) is 12.1. The molecule has 0 aliphatic carbocycles. The van der Waals surface area contributed by atoms with E-state index in [1.807, 2.05) is 0 Å². The molecule has 0 spiro atoms. The molecule has 0 atom stereocenters. The van der Waals surface area contributed by atoms with Gasteiger partial charge in [-0.25, -0.2) is 13.1 Å². The normalized spacial score (nSPS) is 17.7. The Hall–Kier alpha value is -1.31. The van der Waals surface area contributed by atoms with Gasteiger partial charge in [0, 0.05) is 31.9 Å². The summed E-state index contributed by atoms with van der Waals surface area (Å²) < 4.78 is 26.5. The summed E-state index contributed by atoms with van der Waals surface area (Å²) in [4.78, 5) is 4.56. The first-order valence-electron chi connectivity index (χ1n) is 6.20. The number of rotatable bonds is 3. The molecule has 0 unspecified atom stereocenters. The van der Waals surface area contributed by atoms with Crippen LogP contribution < -0.4 is 15.4 Å². The molecule has 0 amide bonds. The highest BCUT2D eigenvalue weighted by Gasteiger charge is 2.23. The van der Waals surface area contributed by atoms with Gasteiger partial charge in [0.2, 0.25) is 10.0 Å². The maximum absolute atomic E-state index is 12.1. The summed E-state index contributed by atoms with van der Waals surface area (Å²) in [5.74, 6) is 0. The second-order valence-electron chi connectivity index (χ2n) is 4.73. The molecule has 6 nitrogen and oxygen atoms in total. The quantitative estimate of drug-likeness (QED) is 0.760. The van der Waals surface area contributed by atoms with Gasteiger partial charge < -0.3 is 15.5 Å². The van der Waals surface area contributed by atoms with Crippen molar-refractivity contribution in [2.45, 2.75) is 4.90 Å². The van der Waals surface area contributed by atoms with Gasteiger partial charge in [0.15, 0.2) is 0 Å². The first-order valence-corrected chi connectivity index (χ1v) is 7.69. The third kappa shape index (κ3) is 2.99. The zero-order chi connectivity index (χ0) is 14.0. The van der Waals surface area contributed by atoms with Crippen LogP contribution in [0.15, 0.2) is 23.1 Å². The van der Waals surface area contributed by atoms with Crippen molar-refractivity contribution < 1.29 is 8.42 Å². The number of hydrogen-bond donors (Lipinski definition) is 2. The van der Waals surface area contributed by atoms with Crippen molar-refractivity contribution in [3.8, 4) is 0 Å². The summed E-state index contributed by atoms with van der Waals surface area (Å²) in [6.45, 7) is 3.46. The Morgan fingerprint density at radius 3 is 2.42 bits per heavy atom. The number of nitrogens with one attached hydrogen (secondary N) is 1. The Labute approximate surface area is 114 Å². The molecular formula is C12H20N4O2S. The molecule has 0 radical (unpaired) electrons. The van der Waals surface area contributed by atoms with Crippen LogP contribution >= 0.6 is 0 Å². The number of nitrogens with zero attached hydrogens (tertiary/aromatic N) is 2. The number of piperazine rings is 1. The van der Waals surface area contributed by atoms with Gasteiger partial charge in [-0.15, -0.1) is 0 Å². The number of nitrogen functional groups attached to an aromatic ring is 1. The minimum absolute atomic E-state index is 0.250. The van der Waals surface area contributed by atoms with Crippen LogP contribution in [-0.4, -0.2) is 53.6 Å². The highest BCUT2D eigenvalue weighted by molar-refractivity contribution is 7.89. The van der Waals surface area contributed by atoms with Gasteiger partial charge in [0.1, 0.15) is 4.90 Å². The summed E-state index contributed by atoms with van der Waals surface area (Å²) in [7, 11) is -0.0294. The van der Waals surface area contributed by atoms with Crippen LogP contribution in [0.2, 0.25) is 0 Å². The summed E-state index contributed by atoms with van der Waals surface area (Å²) >= 11 is 0. The minimum atomic E-state index is -3.50. The summed E-state index contributed by atoms with van der Waals surface area (Å²) in [5, 5.41) is 0. The fraction of sp³-hybridized carbons (Fsp3) is 0.500. The van der Waals surface area contributed by atoms with Crippen LogP contribution in [0.3, 0.4) is 0 Å². The van der Waals surface area contributed by atoms with E-state index in [1.54, 1.807) is 12.1 Å². The number of benzene rings is 1. The molecule has 1 saturated heterocycles. The molecule has 0 aromatic heterocycles. The van der Waals surface area contributed by atoms with Crippen molar-refractivity contribution in [3.05, 3.63) is 18.2 Å². The molecule has 19 heavy (non-hydrogen) atoms. The predicted molar refractivity (Wildman–Crippen MR) is 76.8 cm³/mol. The topological polar surface area (TPSA) is 78.7 Å². The molecule has 3 N–H and O–H groups in total. The first-order chi connectivity index (χ1) is 8.94. The third-order valence-electron chi connectivity index (χ3n) is 3.39. The van der Waals surface area contributed by atoms with Crippen molar-refractivity contribution in [1.29, 1.82) is 0 Å². The molecular weight excluding hydrogens is 264 g/mol.